The largest absolute Gasteiger partial charge is 0.512 e. The fourth-order valence-corrected chi connectivity index (χ4v) is 2.56. The second kappa shape index (κ2) is 22.7. The summed E-state index contributed by atoms with van der Waals surface area (Å²) in [6.07, 6.45) is 1.05. The van der Waals surface area contributed by atoms with Crippen LogP contribution in [0.4, 0.5) is 0 Å². The van der Waals surface area contributed by atoms with Gasteiger partial charge in [0.2, 0.25) is 12.2 Å². The lowest BCUT2D eigenvalue weighted by Gasteiger charge is -2.29. The average molecular weight is 510 g/mol. The van der Waals surface area contributed by atoms with E-state index in [1.165, 1.54) is 0 Å². The van der Waals surface area contributed by atoms with Crippen molar-refractivity contribution >= 4 is 12.2 Å². The molecule has 0 aromatic rings. The number of aliphatic hydroxyl groups is 3. The predicted octanol–water partition coefficient (Wildman–Crippen LogP) is 0.873. The van der Waals surface area contributed by atoms with Crippen molar-refractivity contribution in [3.05, 3.63) is 12.0 Å². The Balaban J connectivity index is 3.77. The quantitative estimate of drug-likeness (QED) is 0.0598. The van der Waals surface area contributed by atoms with Crippen LogP contribution in [0.25, 0.3) is 0 Å². The molecule has 0 heterocycles. The van der Waals surface area contributed by atoms with E-state index in [4.69, 9.17) is 38.6 Å². The van der Waals surface area contributed by atoms with E-state index in [9.17, 15) is 14.7 Å². The first-order valence-electron chi connectivity index (χ1n) is 11.8. The topological polar surface area (TPSA) is 162 Å². The molecule has 0 fully saturated rings. The van der Waals surface area contributed by atoms with Gasteiger partial charge in [0.1, 0.15) is 12.5 Å². The van der Waals surface area contributed by atoms with Gasteiger partial charge >= 0.3 is 0 Å². The van der Waals surface area contributed by atoms with Crippen LogP contribution in [0, 0.1) is 5.41 Å². The highest BCUT2D eigenvalue weighted by Crippen LogP contribution is 2.19. The van der Waals surface area contributed by atoms with E-state index < -0.39 is 12.0 Å². The third-order valence-electron chi connectivity index (χ3n) is 4.38. The van der Waals surface area contributed by atoms with Crippen molar-refractivity contribution in [2.75, 3.05) is 79.2 Å². The Kier molecular flexibility index (Phi) is 21.5. The van der Waals surface area contributed by atoms with E-state index in [1.807, 2.05) is 13.8 Å². The lowest BCUT2D eigenvalue weighted by molar-refractivity contribution is -0.123. The molecule has 35 heavy (non-hydrogen) atoms. The molecule has 0 aromatic carbocycles. The molecule has 12 heteroatoms. The van der Waals surface area contributed by atoms with Crippen molar-refractivity contribution in [1.29, 1.82) is 0 Å². The van der Waals surface area contributed by atoms with Crippen molar-refractivity contribution in [2.24, 2.45) is 5.41 Å². The van der Waals surface area contributed by atoms with Crippen molar-refractivity contribution in [1.82, 2.24) is 5.32 Å². The summed E-state index contributed by atoms with van der Waals surface area (Å²) in [5, 5.41) is 29.4. The maximum Gasteiger partial charge on any atom is 0.222 e. The summed E-state index contributed by atoms with van der Waals surface area (Å²) >= 11 is 0. The number of aldehydes is 1. The summed E-state index contributed by atoms with van der Waals surface area (Å²) in [5.41, 5.74) is -0.366. The minimum Gasteiger partial charge on any atom is -0.512 e. The van der Waals surface area contributed by atoms with Gasteiger partial charge in [-0.3, -0.25) is 4.79 Å². The van der Waals surface area contributed by atoms with Gasteiger partial charge in [-0.05, 0) is 6.42 Å². The molecule has 0 aromatic heterocycles. The molecule has 0 saturated heterocycles. The SMILES string of the molecule is CCCOCC(C)(COCCC=O)COCCC(=O)NCCOCCOCCOC(O)/C(O)=C/O. The number of rotatable bonds is 25. The molecule has 0 aliphatic heterocycles. The number of hydrogen-bond acceptors (Lipinski definition) is 11. The van der Waals surface area contributed by atoms with Gasteiger partial charge in [0.05, 0.1) is 66.1 Å². The molecule has 2 atom stereocenters. The summed E-state index contributed by atoms with van der Waals surface area (Å²) in [4.78, 5) is 22.4. The van der Waals surface area contributed by atoms with E-state index in [0.29, 0.717) is 72.1 Å². The minimum absolute atomic E-state index is 0.0231. The summed E-state index contributed by atoms with van der Waals surface area (Å²) in [5.74, 6) is -0.832. The number of amides is 1. The fourth-order valence-electron chi connectivity index (χ4n) is 2.56. The van der Waals surface area contributed by atoms with Crippen LogP contribution in [0.3, 0.4) is 0 Å². The van der Waals surface area contributed by atoms with Crippen LogP contribution in [-0.2, 0) is 38.0 Å². The second-order valence-electron chi connectivity index (χ2n) is 8.03. The van der Waals surface area contributed by atoms with Gasteiger partial charge in [0, 0.05) is 31.4 Å². The average Bonchev–Trinajstić information content (AvgIpc) is 2.85. The second-order valence-corrected chi connectivity index (χ2v) is 8.03. The van der Waals surface area contributed by atoms with Gasteiger partial charge in [0.25, 0.3) is 0 Å². The van der Waals surface area contributed by atoms with E-state index in [-0.39, 0.29) is 37.6 Å². The number of nitrogens with one attached hydrogen (secondary N) is 1. The zero-order valence-corrected chi connectivity index (χ0v) is 20.9. The van der Waals surface area contributed by atoms with E-state index in [2.05, 4.69) is 5.32 Å². The Bertz CT molecular complexity index is 562. The van der Waals surface area contributed by atoms with Crippen molar-refractivity contribution in [3.63, 3.8) is 0 Å². The maximum atomic E-state index is 11.9. The standard InChI is InChI=1S/C23H43NO11/c1-3-8-32-17-23(2,18-33-9-4-7-25)19-34-10-5-21(28)24-6-11-30-12-13-31-14-15-35-22(29)20(27)16-26/h7,16,22,26-27,29H,3-6,8-15,17-19H2,1-2H3,(H,24,28)/b20-16-. The van der Waals surface area contributed by atoms with Crippen molar-refractivity contribution < 1.29 is 53.3 Å². The molecule has 206 valence electrons. The summed E-state index contributed by atoms with van der Waals surface area (Å²) in [6.45, 7) is 8.01. The Morgan fingerprint density at radius 2 is 1.51 bits per heavy atom. The zero-order chi connectivity index (χ0) is 26.2. The van der Waals surface area contributed by atoms with E-state index in [0.717, 1.165) is 12.7 Å². The highest BCUT2D eigenvalue weighted by atomic mass is 16.6. The van der Waals surface area contributed by atoms with E-state index >= 15 is 0 Å². The molecule has 0 bridgehead atoms. The summed E-state index contributed by atoms with van der Waals surface area (Å²) in [7, 11) is 0. The minimum atomic E-state index is -1.59. The monoisotopic (exact) mass is 509 g/mol. The van der Waals surface area contributed by atoms with E-state index in [1.54, 1.807) is 0 Å². The number of ether oxygens (including phenoxy) is 6. The first-order valence-corrected chi connectivity index (χ1v) is 11.8. The number of hydrogen-bond donors (Lipinski definition) is 4. The fraction of sp³-hybridized carbons (Fsp3) is 0.826. The van der Waals surface area contributed by atoms with Gasteiger partial charge < -0.3 is 53.9 Å². The third kappa shape index (κ3) is 20.1. The Morgan fingerprint density at radius 3 is 2.14 bits per heavy atom. The molecule has 0 aliphatic rings. The molecule has 0 rings (SSSR count). The molecule has 0 saturated carbocycles. The third-order valence-corrected chi connectivity index (χ3v) is 4.38. The zero-order valence-electron chi connectivity index (χ0n) is 20.9. The maximum absolute atomic E-state index is 11.9. The highest BCUT2D eigenvalue weighted by Gasteiger charge is 2.26. The van der Waals surface area contributed by atoms with Gasteiger partial charge in [-0.15, -0.1) is 0 Å². The van der Waals surface area contributed by atoms with Gasteiger partial charge in [0.15, 0.2) is 5.76 Å². The van der Waals surface area contributed by atoms with Crippen LogP contribution in [-0.4, -0.2) is 113 Å². The van der Waals surface area contributed by atoms with Crippen molar-refractivity contribution in [3.8, 4) is 0 Å². The van der Waals surface area contributed by atoms with Crippen molar-refractivity contribution in [2.45, 2.75) is 39.4 Å². The molecule has 2 unspecified atom stereocenters. The molecule has 0 spiro atoms. The smallest absolute Gasteiger partial charge is 0.222 e. The molecule has 0 aliphatic carbocycles. The van der Waals surface area contributed by atoms with Crippen LogP contribution in [0.5, 0.6) is 0 Å². The molecule has 0 radical (unpaired) electrons. The summed E-state index contributed by atoms with van der Waals surface area (Å²) in [6, 6.07) is 0. The molecular formula is C23H43NO11. The van der Waals surface area contributed by atoms with Crippen LogP contribution >= 0.6 is 0 Å². The molecule has 4 N–H and O–H groups in total. The number of carbonyl (C=O) groups excluding carboxylic acids is 2. The lowest BCUT2D eigenvalue weighted by atomic mass is 9.94. The van der Waals surface area contributed by atoms with Gasteiger partial charge in [-0.2, -0.15) is 0 Å². The first kappa shape index (κ1) is 33.2. The Morgan fingerprint density at radius 1 is 0.914 bits per heavy atom. The molecule has 1 amide bonds. The number of aliphatic hydroxyl groups excluding tert-OH is 3. The predicted molar refractivity (Wildman–Crippen MR) is 126 cm³/mol. The normalized spacial score (nSPS) is 14.4. The highest BCUT2D eigenvalue weighted by molar-refractivity contribution is 5.75. The summed E-state index contributed by atoms with van der Waals surface area (Å²) < 4.78 is 32.3. The van der Waals surface area contributed by atoms with Gasteiger partial charge in [-0.25, -0.2) is 0 Å². The molecular weight excluding hydrogens is 466 g/mol. The Labute approximate surface area is 207 Å². The van der Waals surface area contributed by atoms with Crippen LogP contribution < -0.4 is 5.32 Å². The number of carbonyl (C=O) groups is 2. The van der Waals surface area contributed by atoms with Crippen LogP contribution in [0.15, 0.2) is 12.0 Å². The van der Waals surface area contributed by atoms with Crippen LogP contribution in [0.1, 0.15) is 33.1 Å². The molecule has 12 nitrogen and oxygen atoms in total. The van der Waals surface area contributed by atoms with Gasteiger partial charge in [-0.1, -0.05) is 13.8 Å². The Hall–Kier alpha value is -1.80. The van der Waals surface area contributed by atoms with Crippen LogP contribution in [0.2, 0.25) is 0 Å². The lowest BCUT2D eigenvalue weighted by Crippen LogP contribution is -2.35. The first-order chi connectivity index (χ1) is 16.9.